The number of benzene rings is 1. The van der Waals surface area contributed by atoms with Gasteiger partial charge in [0.1, 0.15) is 18.1 Å². The lowest BCUT2D eigenvalue weighted by Crippen LogP contribution is -1.96. The van der Waals surface area contributed by atoms with Crippen molar-refractivity contribution in [3.63, 3.8) is 0 Å². The third-order valence-corrected chi connectivity index (χ3v) is 2.36. The van der Waals surface area contributed by atoms with Gasteiger partial charge in [-0.2, -0.15) is 9.97 Å². The number of aromatic nitrogens is 2. The van der Waals surface area contributed by atoms with Crippen LogP contribution < -0.4 is 4.74 Å². The molecule has 0 aliphatic carbocycles. The SMILES string of the molecule is C=CCc1ccccc1Oc1ncc([N+](=O)[O-])cn1. The van der Waals surface area contributed by atoms with E-state index in [0.717, 1.165) is 18.0 Å². The average Bonchev–Trinajstić information content (AvgIpc) is 2.42. The minimum absolute atomic E-state index is 0.0714. The highest BCUT2D eigenvalue weighted by Crippen LogP contribution is 2.23. The largest absolute Gasteiger partial charge is 0.424 e. The molecule has 0 unspecified atom stereocenters. The molecular formula is C13H11N3O3. The van der Waals surface area contributed by atoms with Gasteiger partial charge in [0.2, 0.25) is 0 Å². The van der Waals surface area contributed by atoms with Crippen molar-refractivity contribution in [1.29, 1.82) is 0 Å². The normalized spacial score (nSPS) is 9.89. The molecule has 0 fully saturated rings. The summed E-state index contributed by atoms with van der Waals surface area (Å²) in [5.41, 5.74) is 0.770. The quantitative estimate of drug-likeness (QED) is 0.467. The van der Waals surface area contributed by atoms with Gasteiger partial charge in [-0.15, -0.1) is 6.58 Å². The van der Waals surface area contributed by atoms with Crippen molar-refractivity contribution in [3.05, 3.63) is 65.0 Å². The Morgan fingerprint density at radius 2 is 2.00 bits per heavy atom. The number of hydrogen-bond donors (Lipinski definition) is 0. The lowest BCUT2D eigenvalue weighted by molar-refractivity contribution is -0.385. The first-order chi connectivity index (χ1) is 9.20. The molecule has 0 bridgehead atoms. The molecule has 0 atom stereocenters. The lowest BCUT2D eigenvalue weighted by Gasteiger charge is -2.07. The molecule has 0 spiro atoms. The van der Waals surface area contributed by atoms with E-state index in [9.17, 15) is 10.1 Å². The van der Waals surface area contributed by atoms with Crippen LogP contribution in [0.2, 0.25) is 0 Å². The van der Waals surface area contributed by atoms with Crippen molar-refractivity contribution in [2.75, 3.05) is 0 Å². The minimum Gasteiger partial charge on any atom is -0.424 e. The lowest BCUT2D eigenvalue weighted by atomic mass is 10.1. The van der Waals surface area contributed by atoms with Crippen LogP contribution in [-0.2, 0) is 6.42 Å². The molecule has 2 rings (SSSR count). The molecule has 6 nitrogen and oxygen atoms in total. The van der Waals surface area contributed by atoms with Gasteiger partial charge in [-0.25, -0.2) is 0 Å². The van der Waals surface area contributed by atoms with Gasteiger partial charge in [0.05, 0.1) is 4.92 Å². The first kappa shape index (κ1) is 12.7. The van der Waals surface area contributed by atoms with Crippen molar-refractivity contribution in [1.82, 2.24) is 9.97 Å². The third kappa shape index (κ3) is 3.12. The van der Waals surface area contributed by atoms with Crippen LogP contribution in [0.3, 0.4) is 0 Å². The van der Waals surface area contributed by atoms with E-state index < -0.39 is 4.92 Å². The van der Waals surface area contributed by atoms with Crippen LogP contribution in [0.1, 0.15) is 5.56 Å². The second-order valence-corrected chi connectivity index (χ2v) is 3.68. The molecular weight excluding hydrogens is 246 g/mol. The zero-order valence-electron chi connectivity index (χ0n) is 10.0. The third-order valence-electron chi connectivity index (χ3n) is 2.36. The maximum Gasteiger partial charge on any atom is 0.322 e. The van der Waals surface area contributed by atoms with Crippen molar-refractivity contribution in [2.24, 2.45) is 0 Å². The van der Waals surface area contributed by atoms with Crippen molar-refractivity contribution < 1.29 is 9.66 Å². The van der Waals surface area contributed by atoms with Crippen molar-refractivity contribution in [2.45, 2.75) is 6.42 Å². The van der Waals surface area contributed by atoms with Crippen LogP contribution in [0.5, 0.6) is 11.8 Å². The molecule has 1 aromatic carbocycles. The molecule has 0 aliphatic rings. The predicted molar refractivity (Wildman–Crippen MR) is 69.1 cm³/mol. The highest BCUT2D eigenvalue weighted by molar-refractivity contribution is 5.36. The van der Waals surface area contributed by atoms with Gasteiger partial charge < -0.3 is 4.74 Å². The van der Waals surface area contributed by atoms with Crippen LogP contribution in [-0.4, -0.2) is 14.9 Å². The molecule has 0 saturated carbocycles. The molecule has 0 N–H and O–H groups in total. The van der Waals surface area contributed by atoms with E-state index in [1.807, 2.05) is 18.2 Å². The maximum absolute atomic E-state index is 10.5. The van der Waals surface area contributed by atoms with Crippen LogP contribution in [0.25, 0.3) is 0 Å². The Bertz CT molecular complexity index is 596. The van der Waals surface area contributed by atoms with Crippen LogP contribution >= 0.6 is 0 Å². The molecule has 0 aliphatic heterocycles. The summed E-state index contributed by atoms with van der Waals surface area (Å²) >= 11 is 0. The van der Waals surface area contributed by atoms with Gasteiger partial charge >= 0.3 is 11.7 Å². The highest BCUT2D eigenvalue weighted by atomic mass is 16.6. The molecule has 2 aromatic rings. The van der Waals surface area contributed by atoms with Gasteiger partial charge in [0, 0.05) is 0 Å². The minimum atomic E-state index is -0.560. The van der Waals surface area contributed by atoms with Crippen molar-refractivity contribution >= 4 is 5.69 Å². The Morgan fingerprint density at radius 1 is 1.32 bits per heavy atom. The zero-order chi connectivity index (χ0) is 13.7. The van der Waals surface area contributed by atoms with E-state index >= 15 is 0 Å². The van der Waals surface area contributed by atoms with E-state index in [1.165, 1.54) is 0 Å². The zero-order valence-corrected chi connectivity index (χ0v) is 10.0. The molecule has 96 valence electrons. The Labute approximate surface area is 109 Å². The van der Waals surface area contributed by atoms with Gasteiger partial charge in [-0.1, -0.05) is 24.3 Å². The second kappa shape index (κ2) is 5.72. The molecule has 0 saturated heterocycles. The number of allylic oxidation sites excluding steroid dienone is 1. The van der Waals surface area contributed by atoms with Gasteiger partial charge in [-0.3, -0.25) is 10.1 Å². The topological polar surface area (TPSA) is 78.2 Å². The van der Waals surface area contributed by atoms with Crippen LogP contribution in [0.15, 0.2) is 49.3 Å². The summed E-state index contributed by atoms with van der Waals surface area (Å²) in [4.78, 5) is 17.5. The first-order valence-corrected chi connectivity index (χ1v) is 5.54. The number of rotatable bonds is 5. The van der Waals surface area contributed by atoms with Gasteiger partial charge in [-0.05, 0) is 18.1 Å². The standard InChI is InChI=1S/C13H11N3O3/c1-2-5-10-6-3-4-7-12(10)19-13-14-8-11(9-15-13)16(17)18/h2-4,6-9H,1,5H2. The van der Waals surface area contributed by atoms with E-state index in [4.69, 9.17) is 4.74 Å². The summed E-state index contributed by atoms with van der Waals surface area (Å²) in [6.45, 7) is 3.67. The van der Waals surface area contributed by atoms with Gasteiger partial charge in [0.15, 0.2) is 0 Å². The average molecular weight is 257 g/mol. The van der Waals surface area contributed by atoms with E-state index in [1.54, 1.807) is 12.1 Å². The summed E-state index contributed by atoms with van der Waals surface area (Å²) in [6, 6.07) is 7.48. The number of hydrogen-bond acceptors (Lipinski definition) is 5. The highest BCUT2D eigenvalue weighted by Gasteiger charge is 2.09. The second-order valence-electron chi connectivity index (χ2n) is 3.68. The smallest absolute Gasteiger partial charge is 0.322 e. The summed E-state index contributed by atoms with van der Waals surface area (Å²) in [7, 11) is 0. The monoisotopic (exact) mass is 257 g/mol. The molecule has 0 radical (unpaired) electrons. The summed E-state index contributed by atoms with van der Waals surface area (Å²) in [5.74, 6) is 0.608. The van der Waals surface area contributed by atoms with Crippen LogP contribution in [0, 0.1) is 10.1 Å². The molecule has 1 aromatic heterocycles. The molecule has 19 heavy (non-hydrogen) atoms. The van der Waals surface area contributed by atoms with E-state index in [-0.39, 0.29) is 11.7 Å². The Kier molecular flexibility index (Phi) is 3.82. The number of nitro groups is 1. The first-order valence-electron chi connectivity index (χ1n) is 5.54. The van der Waals surface area contributed by atoms with E-state index in [2.05, 4.69) is 16.5 Å². The molecule has 1 heterocycles. The number of ether oxygens (including phenoxy) is 1. The Morgan fingerprint density at radius 3 is 2.63 bits per heavy atom. The Balaban J connectivity index is 2.21. The summed E-state index contributed by atoms with van der Waals surface area (Å²) < 4.78 is 5.50. The fraction of sp³-hybridized carbons (Fsp3) is 0.0769. The summed E-state index contributed by atoms with van der Waals surface area (Å²) in [6.07, 6.45) is 4.64. The molecule has 6 heteroatoms. The number of para-hydroxylation sites is 1. The van der Waals surface area contributed by atoms with E-state index in [0.29, 0.717) is 12.2 Å². The Hall–Kier alpha value is -2.76. The maximum atomic E-state index is 10.5. The number of nitrogens with zero attached hydrogens (tertiary/aromatic N) is 3. The van der Waals surface area contributed by atoms with Crippen molar-refractivity contribution in [3.8, 4) is 11.8 Å². The van der Waals surface area contributed by atoms with Gasteiger partial charge in [0.25, 0.3) is 0 Å². The van der Waals surface area contributed by atoms with Crippen LogP contribution in [0.4, 0.5) is 5.69 Å². The molecule has 0 amide bonds. The summed E-state index contributed by atoms with van der Waals surface area (Å²) in [5, 5.41) is 10.5. The predicted octanol–water partition coefficient (Wildman–Crippen LogP) is 2.91. The fourth-order valence-corrected chi connectivity index (χ4v) is 1.48. The fourth-order valence-electron chi connectivity index (χ4n) is 1.48.